The summed E-state index contributed by atoms with van der Waals surface area (Å²) in [7, 11) is 0. The Kier molecular flexibility index (Phi) is 5.11. The molecule has 3 heteroatoms. The Morgan fingerprint density at radius 3 is 2.84 bits per heavy atom. The fraction of sp³-hybridized carbons (Fsp3) is 0.312. The minimum atomic E-state index is 0.309. The lowest BCUT2D eigenvalue weighted by atomic mass is 10.1. The predicted octanol–water partition coefficient (Wildman–Crippen LogP) is 4.26. The molecule has 1 heterocycles. The van der Waals surface area contributed by atoms with Crippen molar-refractivity contribution in [1.29, 1.82) is 0 Å². The van der Waals surface area contributed by atoms with Crippen molar-refractivity contribution >= 4 is 15.9 Å². The number of aryl methyl sites for hydroxylation is 1. The molecule has 1 aromatic heterocycles. The van der Waals surface area contributed by atoms with E-state index in [0.29, 0.717) is 6.04 Å². The lowest BCUT2D eigenvalue weighted by molar-refractivity contribution is 0.565. The molecule has 2 aromatic rings. The Labute approximate surface area is 123 Å². The lowest BCUT2D eigenvalue weighted by Gasteiger charge is -2.15. The summed E-state index contributed by atoms with van der Waals surface area (Å²) in [6.45, 7) is 5.15. The molecule has 2 rings (SSSR count). The van der Waals surface area contributed by atoms with Crippen LogP contribution in [-0.4, -0.2) is 4.98 Å². The maximum Gasteiger partial charge on any atom is 0.0573 e. The summed E-state index contributed by atoms with van der Waals surface area (Å²) in [6, 6.07) is 12.9. The molecule has 0 fully saturated rings. The minimum Gasteiger partial charge on any atom is -0.305 e. The molecule has 0 amide bonds. The molecule has 1 aromatic carbocycles. The van der Waals surface area contributed by atoms with Crippen LogP contribution in [0.3, 0.4) is 0 Å². The molecule has 0 saturated carbocycles. The van der Waals surface area contributed by atoms with Crippen LogP contribution in [0.25, 0.3) is 0 Å². The number of hydrogen-bond acceptors (Lipinski definition) is 2. The summed E-state index contributed by atoms with van der Waals surface area (Å²) in [5.74, 6) is 0. The first-order valence-electron chi connectivity index (χ1n) is 6.62. The molecule has 1 N–H and O–H groups in total. The second-order valence-electron chi connectivity index (χ2n) is 4.62. The fourth-order valence-electron chi connectivity index (χ4n) is 2.10. The van der Waals surface area contributed by atoms with Crippen LogP contribution in [0, 0.1) is 0 Å². The highest BCUT2D eigenvalue weighted by molar-refractivity contribution is 9.10. The van der Waals surface area contributed by atoms with Gasteiger partial charge in [-0.1, -0.05) is 41.1 Å². The fourth-order valence-corrected chi connectivity index (χ4v) is 2.51. The number of halogens is 1. The van der Waals surface area contributed by atoms with Crippen molar-refractivity contribution in [2.45, 2.75) is 32.9 Å². The van der Waals surface area contributed by atoms with Crippen LogP contribution in [0.1, 0.15) is 36.7 Å². The zero-order valence-electron chi connectivity index (χ0n) is 11.4. The van der Waals surface area contributed by atoms with E-state index in [1.807, 2.05) is 18.3 Å². The second-order valence-corrected chi connectivity index (χ2v) is 5.54. The van der Waals surface area contributed by atoms with E-state index in [4.69, 9.17) is 0 Å². The summed E-state index contributed by atoms with van der Waals surface area (Å²) >= 11 is 3.51. The van der Waals surface area contributed by atoms with E-state index in [-0.39, 0.29) is 0 Å². The van der Waals surface area contributed by atoms with Crippen LogP contribution in [0.5, 0.6) is 0 Å². The Morgan fingerprint density at radius 1 is 1.26 bits per heavy atom. The molecule has 1 atom stereocenters. The van der Waals surface area contributed by atoms with E-state index in [1.54, 1.807) is 0 Å². The van der Waals surface area contributed by atoms with Gasteiger partial charge in [0.05, 0.1) is 5.69 Å². The topological polar surface area (TPSA) is 24.9 Å². The standard InChI is InChI=1S/C16H19BrN2/c1-3-13-7-5-9-18-16(13)11-19-12(2)14-6-4-8-15(17)10-14/h4-10,12,19H,3,11H2,1-2H3. The van der Waals surface area contributed by atoms with Crippen molar-refractivity contribution in [3.8, 4) is 0 Å². The van der Waals surface area contributed by atoms with Gasteiger partial charge in [-0.25, -0.2) is 0 Å². The first-order valence-corrected chi connectivity index (χ1v) is 7.41. The zero-order chi connectivity index (χ0) is 13.7. The van der Waals surface area contributed by atoms with E-state index >= 15 is 0 Å². The van der Waals surface area contributed by atoms with Crippen LogP contribution in [-0.2, 0) is 13.0 Å². The Balaban J connectivity index is 2.02. The van der Waals surface area contributed by atoms with Crippen molar-refractivity contribution in [2.24, 2.45) is 0 Å². The maximum absolute atomic E-state index is 4.46. The number of nitrogens with one attached hydrogen (secondary N) is 1. The number of hydrogen-bond donors (Lipinski definition) is 1. The van der Waals surface area contributed by atoms with E-state index in [0.717, 1.165) is 23.1 Å². The Hall–Kier alpha value is -1.19. The molecule has 0 aliphatic carbocycles. The van der Waals surface area contributed by atoms with Gasteiger partial charge < -0.3 is 5.32 Å². The van der Waals surface area contributed by atoms with Gasteiger partial charge in [0.25, 0.3) is 0 Å². The average molecular weight is 319 g/mol. The summed E-state index contributed by atoms with van der Waals surface area (Å²) < 4.78 is 1.12. The highest BCUT2D eigenvalue weighted by Crippen LogP contribution is 2.18. The van der Waals surface area contributed by atoms with Gasteiger partial charge in [0.15, 0.2) is 0 Å². The van der Waals surface area contributed by atoms with Crippen molar-refractivity contribution in [2.75, 3.05) is 0 Å². The Morgan fingerprint density at radius 2 is 2.11 bits per heavy atom. The van der Waals surface area contributed by atoms with Crippen molar-refractivity contribution in [3.63, 3.8) is 0 Å². The molecule has 100 valence electrons. The summed E-state index contributed by atoms with van der Waals surface area (Å²) in [6.07, 6.45) is 2.88. The highest BCUT2D eigenvalue weighted by Gasteiger charge is 2.07. The average Bonchev–Trinajstić information content (AvgIpc) is 2.45. The number of pyridine rings is 1. The summed E-state index contributed by atoms with van der Waals surface area (Å²) in [5, 5.41) is 3.53. The largest absolute Gasteiger partial charge is 0.305 e. The molecule has 19 heavy (non-hydrogen) atoms. The maximum atomic E-state index is 4.46. The number of benzene rings is 1. The van der Waals surface area contributed by atoms with E-state index < -0.39 is 0 Å². The monoisotopic (exact) mass is 318 g/mol. The van der Waals surface area contributed by atoms with Crippen LogP contribution in [0.2, 0.25) is 0 Å². The van der Waals surface area contributed by atoms with Crippen LogP contribution in [0.4, 0.5) is 0 Å². The van der Waals surface area contributed by atoms with Crippen molar-refractivity contribution in [1.82, 2.24) is 10.3 Å². The molecular weight excluding hydrogens is 300 g/mol. The summed E-state index contributed by atoms with van der Waals surface area (Å²) in [4.78, 5) is 4.46. The molecular formula is C16H19BrN2. The Bertz CT molecular complexity index is 540. The molecule has 0 saturated heterocycles. The number of nitrogens with zero attached hydrogens (tertiary/aromatic N) is 1. The normalized spacial score (nSPS) is 12.4. The highest BCUT2D eigenvalue weighted by atomic mass is 79.9. The molecule has 1 unspecified atom stereocenters. The van der Waals surface area contributed by atoms with Crippen LogP contribution in [0.15, 0.2) is 47.1 Å². The van der Waals surface area contributed by atoms with Crippen molar-refractivity contribution in [3.05, 3.63) is 63.9 Å². The predicted molar refractivity (Wildman–Crippen MR) is 83.0 cm³/mol. The van der Waals surface area contributed by atoms with Crippen molar-refractivity contribution < 1.29 is 0 Å². The van der Waals surface area contributed by atoms with Gasteiger partial charge in [0.1, 0.15) is 0 Å². The zero-order valence-corrected chi connectivity index (χ0v) is 12.9. The smallest absolute Gasteiger partial charge is 0.0573 e. The molecule has 0 radical (unpaired) electrons. The van der Waals surface area contributed by atoms with Gasteiger partial charge in [0, 0.05) is 23.3 Å². The lowest BCUT2D eigenvalue weighted by Crippen LogP contribution is -2.19. The minimum absolute atomic E-state index is 0.309. The van der Waals surface area contributed by atoms with Gasteiger partial charge in [-0.15, -0.1) is 0 Å². The first kappa shape index (κ1) is 14.2. The quantitative estimate of drug-likeness (QED) is 0.891. The van der Waals surface area contributed by atoms with Gasteiger partial charge in [-0.05, 0) is 42.7 Å². The number of rotatable bonds is 5. The van der Waals surface area contributed by atoms with Gasteiger partial charge in [0.2, 0.25) is 0 Å². The molecule has 0 aliphatic rings. The third kappa shape index (κ3) is 3.88. The third-order valence-corrected chi connectivity index (χ3v) is 3.78. The SMILES string of the molecule is CCc1cccnc1CNC(C)c1cccc(Br)c1. The van der Waals surface area contributed by atoms with Gasteiger partial charge >= 0.3 is 0 Å². The van der Waals surface area contributed by atoms with E-state index in [1.165, 1.54) is 11.1 Å². The molecule has 0 spiro atoms. The van der Waals surface area contributed by atoms with Crippen LogP contribution < -0.4 is 5.32 Å². The van der Waals surface area contributed by atoms with E-state index in [2.05, 4.69) is 64.3 Å². The molecule has 2 nitrogen and oxygen atoms in total. The number of aromatic nitrogens is 1. The van der Waals surface area contributed by atoms with E-state index in [9.17, 15) is 0 Å². The third-order valence-electron chi connectivity index (χ3n) is 3.29. The van der Waals surface area contributed by atoms with Gasteiger partial charge in [-0.2, -0.15) is 0 Å². The van der Waals surface area contributed by atoms with Gasteiger partial charge in [-0.3, -0.25) is 4.98 Å². The molecule has 0 bridgehead atoms. The first-order chi connectivity index (χ1) is 9.20. The second kappa shape index (κ2) is 6.83. The molecule has 0 aliphatic heterocycles. The summed E-state index contributed by atoms with van der Waals surface area (Å²) in [5.41, 5.74) is 3.74. The van der Waals surface area contributed by atoms with Crippen LogP contribution >= 0.6 is 15.9 Å².